The van der Waals surface area contributed by atoms with E-state index in [1.54, 1.807) is 17.0 Å². The lowest BCUT2D eigenvalue weighted by molar-refractivity contribution is 0.462. The van der Waals surface area contributed by atoms with Crippen LogP contribution in [0.3, 0.4) is 0 Å². The Hall–Kier alpha value is -1.95. The molecule has 0 bridgehead atoms. The van der Waals surface area contributed by atoms with E-state index in [-0.39, 0.29) is 11.8 Å². The molecule has 1 aromatic heterocycles. The number of rotatable bonds is 4. The van der Waals surface area contributed by atoms with Crippen molar-refractivity contribution in [1.29, 1.82) is 0 Å². The summed E-state index contributed by atoms with van der Waals surface area (Å²) < 4.78 is 15.4. The first-order valence-electron chi connectivity index (χ1n) is 5.62. The van der Waals surface area contributed by atoms with E-state index >= 15 is 0 Å². The first-order chi connectivity index (χ1) is 8.58. The number of aryl methyl sites for hydroxylation is 1. The molecule has 1 heterocycles. The fraction of sp³-hybridized carbons (Fsp3) is 0.333. The highest BCUT2D eigenvalue weighted by atomic mass is 19.1. The minimum absolute atomic E-state index is 0.0725. The number of aromatic hydroxyl groups is 1. The molecular formula is C12H15FN4O. The first kappa shape index (κ1) is 12.5. The molecule has 0 aliphatic rings. The van der Waals surface area contributed by atoms with Crippen molar-refractivity contribution in [2.45, 2.75) is 19.5 Å². The van der Waals surface area contributed by atoms with Crippen LogP contribution in [0.2, 0.25) is 0 Å². The Balaban J connectivity index is 2.03. The number of phenols is 1. The molecule has 18 heavy (non-hydrogen) atoms. The third-order valence-electron chi connectivity index (χ3n) is 2.82. The zero-order chi connectivity index (χ0) is 13.1. The quantitative estimate of drug-likeness (QED) is 0.863. The van der Waals surface area contributed by atoms with Gasteiger partial charge in [-0.05, 0) is 13.0 Å². The zero-order valence-electron chi connectivity index (χ0n) is 10.3. The maximum Gasteiger partial charge on any atom is 0.146 e. The van der Waals surface area contributed by atoms with Crippen LogP contribution in [-0.4, -0.2) is 19.9 Å². The molecule has 0 amide bonds. The summed E-state index contributed by atoms with van der Waals surface area (Å²) in [6.07, 6.45) is 1.61. The molecular weight excluding hydrogens is 235 g/mol. The molecule has 0 aliphatic heterocycles. The third kappa shape index (κ3) is 2.65. The van der Waals surface area contributed by atoms with Crippen LogP contribution in [0.4, 0.5) is 4.39 Å². The number of nitrogens with one attached hydrogen (secondary N) is 1. The summed E-state index contributed by atoms with van der Waals surface area (Å²) >= 11 is 0. The number of aromatic nitrogens is 3. The van der Waals surface area contributed by atoms with Crippen LogP contribution < -0.4 is 5.32 Å². The fourth-order valence-electron chi connectivity index (χ4n) is 1.69. The standard InChI is InChI=1S/C12H15FN4O/c1-8(10-4-3-9(18)5-11(10)13)14-6-12-16-15-7-17(12)2/h3-5,7-8,14,18H,6H2,1-2H3. The highest BCUT2D eigenvalue weighted by molar-refractivity contribution is 5.29. The lowest BCUT2D eigenvalue weighted by Crippen LogP contribution is -2.21. The Morgan fingerprint density at radius 3 is 2.89 bits per heavy atom. The van der Waals surface area contributed by atoms with Crippen molar-refractivity contribution in [3.05, 3.63) is 41.7 Å². The molecule has 1 atom stereocenters. The molecule has 6 heteroatoms. The number of hydrogen-bond donors (Lipinski definition) is 2. The molecule has 0 aliphatic carbocycles. The maximum absolute atomic E-state index is 13.6. The topological polar surface area (TPSA) is 63.0 Å². The lowest BCUT2D eigenvalue weighted by atomic mass is 10.1. The molecule has 0 saturated carbocycles. The van der Waals surface area contributed by atoms with Crippen molar-refractivity contribution in [3.8, 4) is 5.75 Å². The summed E-state index contributed by atoms with van der Waals surface area (Å²) in [4.78, 5) is 0. The number of hydrogen-bond acceptors (Lipinski definition) is 4. The molecule has 0 spiro atoms. The molecule has 0 saturated heterocycles. The van der Waals surface area contributed by atoms with Gasteiger partial charge in [-0.15, -0.1) is 10.2 Å². The van der Waals surface area contributed by atoms with Gasteiger partial charge in [0.25, 0.3) is 0 Å². The zero-order valence-corrected chi connectivity index (χ0v) is 10.3. The van der Waals surface area contributed by atoms with Crippen molar-refractivity contribution in [1.82, 2.24) is 20.1 Å². The van der Waals surface area contributed by atoms with Crippen molar-refractivity contribution >= 4 is 0 Å². The fourth-order valence-corrected chi connectivity index (χ4v) is 1.69. The van der Waals surface area contributed by atoms with Gasteiger partial charge in [0.2, 0.25) is 0 Å². The second-order valence-electron chi connectivity index (χ2n) is 4.17. The Labute approximate surface area is 104 Å². The molecule has 2 aromatic rings. The highest BCUT2D eigenvalue weighted by Crippen LogP contribution is 2.21. The summed E-state index contributed by atoms with van der Waals surface area (Å²) in [6.45, 7) is 2.35. The van der Waals surface area contributed by atoms with Gasteiger partial charge in [0.1, 0.15) is 23.7 Å². The van der Waals surface area contributed by atoms with Gasteiger partial charge >= 0.3 is 0 Å². The molecule has 0 fully saturated rings. The molecule has 0 radical (unpaired) electrons. The second kappa shape index (κ2) is 5.14. The van der Waals surface area contributed by atoms with Gasteiger partial charge in [-0.1, -0.05) is 6.07 Å². The maximum atomic E-state index is 13.6. The lowest BCUT2D eigenvalue weighted by Gasteiger charge is -2.14. The monoisotopic (exact) mass is 250 g/mol. The molecule has 1 unspecified atom stereocenters. The minimum Gasteiger partial charge on any atom is -0.508 e. The predicted octanol–water partition coefficient (Wildman–Crippen LogP) is 1.51. The summed E-state index contributed by atoms with van der Waals surface area (Å²) in [7, 11) is 1.85. The van der Waals surface area contributed by atoms with E-state index in [4.69, 9.17) is 5.11 Å². The van der Waals surface area contributed by atoms with Crippen LogP contribution in [0.1, 0.15) is 24.4 Å². The Morgan fingerprint density at radius 1 is 1.50 bits per heavy atom. The van der Waals surface area contributed by atoms with E-state index in [2.05, 4.69) is 15.5 Å². The number of phenolic OH excluding ortho intramolecular Hbond substituents is 1. The minimum atomic E-state index is -0.423. The van der Waals surface area contributed by atoms with Crippen LogP contribution in [0.25, 0.3) is 0 Å². The molecule has 96 valence electrons. The summed E-state index contributed by atoms with van der Waals surface area (Å²) in [6, 6.07) is 3.97. The van der Waals surface area contributed by atoms with E-state index < -0.39 is 5.82 Å². The number of nitrogens with zero attached hydrogens (tertiary/aromatic N) is 3. The van der Waals surface area contributed by atoms with E-state index in [9.17, 15) is 4.39 Å². The molecule has 2 rings (SSSR count). The van der Waals surface area contributed by atoms with E-state index in [0.717, 1.165) is 11.9 Å². The normalized spacial score (nSPS) is 12.6. The largest absolute Gasteiger partial charge is 0.508 e. The van der Waals surface area contributed by atoms with E-state index in [1.165, 1.54) is 6.07 Å². The van der Waals surface area contributed by atoms with Gasteiger partial charge in [0, 0.05) is 24.7 Å². The summed E-state index contributed by atoms with van der Waals surface area (Å²) in [5.74, 6) is 0.283. The van der Waals surface area contributed by atoms with Crippen molar-refractivity contribution < 1.29 is 9.50 Å². The van der Waals surface area contributed by atoms with Gasteiger partial charge in [-0.25, -0.2) is 4.39 Å². The van der Waals surface area contributed by atoms with Gasteiger partial charge in [-0.3, -0.25) is 0 Å². The third-order valence-corrected chi connectivity index (χ3v) is 2.82. The van der Waals surface area contributed by atoms with Gasteiger partial charge in [0.15, 0.2) is 0 Å². The van der Waals surface area contributed by atoms with Crippen molar-refractivity contribution in [2.24, 2.45) is 7.05 Å². The summed E-state index contributed by atoms with van der Waals surface area (Å²) in [5.41, 5.74) is 0.509. The van der Waals surface area contributed by atoms with Crippen LogP contribution >= 0.6 is 0 Å². The highest BCUT2D eigenvalue weighted by Gasteiger charge is 2.12. The Bertz CT molecular complexity index is 541. The number of halogens is 1. The van der Waals surface area contributed by atoms with E-state index in [1.807, 2.05) is 14.0 Å². The first-order valence-corrected chi connectivity index (χ1v) is 5.62. The van der Waals surface area contributed by atoms with Crippen LogP contribution in [0.15, 0.2) is 24.5 Å². The molecule has 1 aromatic carbocycles. The smallest absolute Gasteiger partial charge is 0.146 e. The molecule has 5 nitrogen and oxygen atoms in total. The summed E-state index contributed by atoms with van der Waals surface area (Å²) in [5, 5.41) is 20.0. The number of benzene rings is 1. The van der Waals surface area contributed by atoms with Crippen LogP contribution in [0.5, 0.6) is 5.75 Å². The van der Waals surface area contributed by atoms with Crippen LogP contribution in [-0.2, 0) is 13.6 Å². The SMILES string of the molecule is CC(NCc1nncn1C)c1ccc(O)cc1F. The average Bonchev–Trinajstić information content (AvgIpc) is 2.72. The second-order valence-corrected chi connectivity index (χ2v) is 4.17. The Morgan fingerprint density at radius 2 is 2.28 bits per heavy atom. The van der Waals surface area contributed by atoms with Gasteiger partial charge in [0.05, 0.1) is 6.54 Å². The molecule has 2 N–H and O–H groups in total. The average molecular weight is 250 g/mol. The van der Waals surface area contributed by atoms with Crippen molar-refractivity contribution in [2.75, 3.05) is 0 Å². The van der Waals surface area contributed by atoms with Gasteiger partial charge < -0.3 is 15.0 Å². The van der Waals surface area contributed by atoms with Crippen molar-refractivity contribution in [3.63, 3.8) is 0 Å². The Kier molecular flexibility index (Phi) is 3.57. The van der Waals surface area contributed by atoms with E-state index in [0.29, 0.717) is 12.1 Å². The van der Waals surface area contributed by atoms with Crippen LogP contribution in [0, 0.1) is 5.82 Å². The predicted molar refractivity (Wildman–Crippen MR) is 64.3 cm³/mol. The van der Waals surface area contributed by atoms with Gasteiger partial charge in [-0.2, -0.15) is 0 Å².